The Labute approximate surface area is 114 Å². The molecule has 0 aliphatic carbocycles. The molecule has 0 aliphatic rings. The quantitative estimate of drug-likeness (QED) is 0.670. The van der Waals surface area contributed by atoms with Crippen molar-refractivity contribution in [2.75, 3.05) is 0 Å². The van der Waals surface area contributed by atoms with Crippen LogP contribution < -0.4 is 5.48 Å². The lowest BCUT2D eigenvalue weighted by atomic mass is 10.2. The highest BCUT2D eigenvalue weighted by molar-refractivity contribution is 9.10. The first-order chi connectivity index (χ1) is 8.75. The summed E-state index contributed by atoms with van der Waals surface area (Å²) in [6, 6.07) is 14.6. The van der Waals surface area contributed by atoms with Crippen molar-refractivity contribution in [2.24, 2.45) is 0 Å². The van der Waals surface area contributed by atoms with Crippen molar-refractivity contribution in [3.05, 3.63) is 69.9 Å². The molecule has 0 radical (unpaired) electrons. The van der Waals surface area contributed by atoms with Crippen LogP contribution >= 0.6 is 15.9 Å². The Morgan fingerprint density at radius 2 is 1.89 bits per heavy atom. The number of hydroxylamine groups is 1. The molecule has 0 saturated carbocycles. The van der Waals surface area contributed by atoms with E-state index < -0.39 is 0 Å². The van der Waals surface area contributed by atoms with Crippen molar-refractivity contribution in [2.45, 2.75) is 13.2 Å². The van der Waals surface area contributed by atoms with Gasteiger partial charge in [0.1, 0.15) is 5.82 Å². The van der Waals surface area contributed by atoms with Gasteiger partial charge in [-0.3, -0.25) is 4.84 Å². The molecule has 18 heavy (non-hydrogen) atoms. The van der Waals surface area contributed by atoms with Gasteiger partial charge in [-0.2, -0.15) is 5.48 Å². The lowest BCUT2D eigenvalue weighted by molar-refractivity contribution is 0.0229. The smallest absolute Gasteiger partial charge is 0.127 e. The summed E-state index contributed by atoms with van der Waals surface area (Å²) in [7, 11) is 0. The van der Waals surface area contributed by atoms with Gasteiger partial charge in [0.2, 0.25) is 0 Å². The Hall–Kier alpha value is -1.23. The minimum Gasteiger partial charge on any atom is -0.297 e. The maximum atomic E-state index is 13.4. The first-order valence-corrected chi connectivity index (χ1v) is 6.37. The highest BCUT2D eigenvalue weighted by atomic mass is 79.9. The first-order valence-electron chi connectivity index (χ1n) is 5.58. The molecular formula is C14H13BrFNO. The van der Waals surface area contributed by atoms with Gasteiger partial charge >= 0.3 is 0 Å². The fraction of sp³-hybridized carbons (Fsp3) is 0.143. The molecule has 2 nitrogen and oxygen atoms in total. The molecule has 94 valence electrons. The summed E-state index contributed by atoms with van der Waals surface area (Å²) in [5, 5.41) is 0. The lowest BCUT2D eigenvalue weighted by Gasteiger charge is -2.07. The Kier molecular flexibility index (Phi) is 4.87. The maximum absolute atomic E-state index is 13.4. The molecule has 0 atom stereocenters. The van der Waals surface area contributed by atoms with Crippen molar-refractivity contribution in [3.63, 3.8) is 0 Å². The minimum atomic E-state index is -0.242. The fourth-order valence-electron chi connectivity index (χ4n) is 1.52. The fourth-order valence-corrected chi connectivity index (χ4v) is 1.92. The van der Waals surface area contributed by atoms with Crippen molar-refractivity contribution in [1.82, 2.24) is 5.48 Å². The van der Waals surface area contributed by atoms with Crippen LogP contribution in [0.4, 0.5) is 4.39 Å². The Morgan fingerprint density at radius 1 is 1.11 bits per heavy atom. The van der Waals surface area contributed by atoms with Gasteiger partial charge in [0.05, 0.1) is 6.61 Å². The third kappa shape index (κ3) is 3.91. The zero-order valence-electron chi connectivity index (χ0n) is 9.70. The Balaban J connectivity index is 1.80. The first kappa shape index (κ1) is 13.2. The number of rotatable bonds is 5. The second kappa shape index (κ2) is 6.64. The van der Waals surface area contributed by atoms with E-state index in [0.717, 1.165) is 10.0 Å². The van der Waals surface area contributed by atoms with Crippen LogP contribution in [0.2, 0.25) is 0 Å². The Morgan fingerprint density at radius 3 is 2.67 bits per heavy atom. The second-order valence-corrected chi connectivity index (χ2v) is 4.75. The molecule has 2 aromatic carbocycles. The number of hydrogen-bond acceptors (Lipinski definition) is 2. The molecular weight excluding hydrogens is 297 g/mol. The van der Waals surface area contributed by atoms with Gasteiger partial charge in [0.15, 0.2) is 0 Å². The Bertz CT molecular complexity index is 504. The second-order valence-electron chi connectivity index (χ2n) is 3.83. The van der Waals surface area contributed by atoms with E-state index in [0.29, 0.717) is 18.7 Å². The molecule has 0 bridgehead atoms. The van der Waals surface area contributed by atoms with Crippen LogP contribution in [0.25, 0.3) is 0 Å². The number of halogens is 2. The van der Waals surface area contributed by atoms with Crippen LogP contribution in [0.5, 0.6) is 0 Å². The SMILES string of the molecule is Fc1ccc(Br)cc1CNOCc1ccccc1. The van der Waals surface area contributed by atoms with Crippen LogP contribution in [0.1, 0.15) is 11.1 Å². The molecule has 0 spiro atoms. The molecule has 2 aromatic rings. The van der Waals surface area contributed by atoms with Gasteiger partial charge in [0.25, 0.3) is 0 Å². The summed E-state index contributed by atoms with van der Waals surface area (Å²) in [6.07, 6.45) is 0. The number of benzene rings is 2. The maximum Gasteiger partial charge on any atom is 0.127 e. The summed E-state index contributed by atoms with van der Waals surface area (Å²) in [6.45, 7) is 0.786. The zero-order valence-corrected chi connectivity index (χ0v) is 11.3. The average molecular weight is 310 g/mol. The van der Waals surface area contributed by atoms with Crippen molar-refractivity contribution < 1.29 is 9.23 Å². The van der Waals surface area contributed by atoms with Gasteiger partial charge in [-0.05, 0) is 23.8 Å². The third-order valence-electron chi connectivity index (χ3n) is 2.45. The molecule has 2 rings (SSSR count). The van der Waals surface area contributed by atoms with Crippen molar-refractivity contribution in [1.29, 1.82) is 0 Å². The lowest BCUT2D eigenvalue weighted by Crippen LogP contribution is -2.14. The van der Waals surface area contributed by atoms with Gasteiger partial charge in [0, 0.05) is 16.6 Å². The number of nitrogens with one attached hydrogen (secondary N) is 1. The molecule has 4 heteroatoms. The van der Waals surface area contributed by atoms with Crippen molar-refractivity contribution in [3.8, 4) is 0 Å². The summed E-state index contributed by atoms with van der Waals surface area (Å²) in [4.78, 5) is 5.29. The van der Waals surface area contributed by atoms with Crippen LogP contribution in [-0.4, -0.2) is 0 Å². The topological polar surface area (TPSA) is 21.3 Å². The largest absolute Gasteiger partial charge is 0.297 e. The standard InChI is InChI=1S/C14H13BrFNO/c15-13-6-7-14(16)12(8-13)9-17-18-10-11-4-2-1-3-5-11/h1-8,17H,9-10H2. The van der Waals surface area contributed by atoms with E-state index in [4.69, 9.17) is 4.84 Å². The monoisotopic (exact) mass is 309 g/mol. The van der Waals surface area contributed by atoms with E-state index in [2.05, 4.69) is 21.4 Å². The molecule has 0 amide bonds. The van der Waals surface area contributed by atoms with Crippen molar-refractivity contribution >= 4 is 15.9 Å². The normalized spacial score (nSPS) is 10.6. The van der Waals surface area contributed by atoms with E-state index in [-0.39, 0.29) is 5.82 Å². The summed E-state index contributed by atoms with van der Waals surface area (Å²) < 4.78 is 14.3. The predicted octanol–water partition coefficient (Wildman–Crippen LogP) is 3.81. The molecule has 0 heterocycles. The molecule has 0 fully saturated rings. The molecule has 0 aromatic heterocycles. The highest BCUT2D eigenvalue weighted by Gasteiger charge is 2.02. The molecule has 0 unspecified atom stereocenters. The summed E-state index contributed by atoms with van der Waals surface area (Å²) in [5.74, 6) is -0.242. The average Bonchev–Trinajstić information content (AvgIpc) is 2.40. The van der Waals surface area contributed by atoms with E-state index in [1.54, 1.807) is 12.1 Å². The van der Waals surface area contributed by atoms with Gasteiger partial charge < -0.3 is 0 Å². The van der Waals surface area contributed by atoms with Gasteiger partial charge in [-0.1, -0.05) is 46.3 Å². The van der Waals surface area contributed by atoms with Crippen LogP contribution in [-0.2, 0) is 18.0 Å². The van der Waals surface area contributed by atoms with Gasteiger partial charge in [-0.25, -0.2) is 4.39 Å². The van der Waals surface area contributed by atoms with E-state index >= 15 is 0 Å². The molecule has 0 saturated heterocycles. The zero-order chi connectivity index (χ0) is 12.8. The molecule has 1 N–H and O–H groups in total. The summed E-state index contributed by atoms with van der Waals surface area (Å²) in [5.41, 5.74) is 4.39. The van der Waals surface area contributed by atoms with E-state index in [9.17, 15) is 4.39 Å². The van der Waals surface area contributed by atoms with Crippen LogP contribution in [0, 0.1) is 5.82 Å². The third-order valence-corrected chi connectivity index (χ3v) is 2.95. The van der Waals surface area contributed by atoms with Gasteiger partial charge in [-0.15, -0.1) is 0 Å². The molecule has 0 aliphatic heterocycles. The van der Waals surface area contributed by atoms with Crippen LogP contribution in [0.3, 0.4) is 0 Å². The predicted molar refractivity (Wildman–Crippen MR) is 72.2 cm³/mol. The minimum absolute atomic E-state index is 0.242. The summed E-state index contributed by atoms with van der Waals surface area (Å²) >= 11 is 3.31. The number of hydrogen-bond donors (Lipinski definition) is 1. The van der Waals surface area contributed by atoms with Crippen LogP contribution in [0.15, 0.2) is 53.0 Å². The highest BCUT2D eigenvalue weighted by Crippen LogP contribution is 2.15. The van der Waals surface area contributed by atoms with E-state index in [1.807, 2.05) is 30.3 Å². The van der Waals surface area contributed by atoms with E-state index in [1.165, 1.54) is 6.07 Å².